The summed E-state index contributed by atoms with van der Waals surface area (Å²) in [6, 6.07) is 7.70. The summed E-state index contributed by atoms with van der Waals surface area (Å²) in [4.78, 5) is 26.2. The lowest BCUT2D eigenvalue weighted by molar-refractivity contribution is -0.132. The van der Waals surface area contributed by atoms with Crippen LogP contribution in [-0.2, 0) is 9.59 Å². The number of carbonyl (C=O) groups is 2. The molecule has 5 nitrogen and oxygen atoms in total. The summed E-state index contributed by atoms with van der Waals surface area (Å²) >= 11 is 3.41. The SMILES string of the molecule is CNCC1CCCN1C(=O)CC(NC(C)=O)c1ccc(Br)cc1. The lowest BCUT2D eigenvalue weighted by atomic mass is 10.0. The molecule has 2 N–H and O–H groups in total. The summed E-state index contributed by atoms with van der Waals surface area (Å²) in [5.74, 6) is -0.0247. The third-order valence-electron chi connectivity index (χ3n) is 4.17. The van der Waals surface area contributed by atoms with Gasteiger partial charge in [-0.2, -0.15) is 0 Å². The fourth-order valence-corrected chi connectivity index (χ4v) is 3.36. The molecule has 1 aromatic rings. The van der Waals surface area contributed by atoms with Gasteiger partial charge >= 0.3 is 0 Å². The average Bonchev–Trinajstić information content (AvgIpc) is 2.95. The zero-order chi connectivity index (χ0) is 16.8. The van der Waals surface area contributed by atoms with Crippen molar-refractivity contribution in [2.24, 2.45) is 0 Å². The monoisotopic (exact) mass is 381 g/mol. The molecule has 1 aromatic carbocycles. The van der Waals surface area contributed by atoms with E-state index in [-0.39, 0.29) is 23.9 Å². The molecular weight excluding hydrogens is 358 g/mol. The van der Waals surface area contributed by atoms with Crippen molar-refractivity contribution in [3.05, 3.63) is 34.3 Å². The molecule has 0 saturated carbocycles. The molecule has 2 amide bonds. The Morgan fingerprint density at radius 1 is 1.35 bits per heavy atom. The van der Waals surface area contributed by atoms with E-state index in [0.29, 0.717) is 6.42 Å². The number of likely N-dealkylation sites (tertiary alicyclic amines) is 1. The van der Waals surface area contributed by atoms with E-state index in [1.54, 1.807) is 0 Å². The number of nitrogens with zero attached hydrogens (tertiary/aromatic N) is 1. The van der Waals surface area contributed by atoms with Gasteiger partial charge in [-0.05, 0) is 37.6 Å². The van der Waals surface area contributed by atoms with Crippen LogP contribution in [0.3, 0.4) is 0 Å². The highest BCUT2D eigenvalue weighted by molar-refractivity contribution is 9.10. The lowest BCUT2D eigenvalue weighted by Crippen LogP contribution is -2.42. The van der Waals surface area contributed by atoms with E-state index in [1.807, 2.05) is 36.2 Å². The van der Waals surface area contributed by atoms with Gasteiger partial charge in [-0.25, -0.2) is 0 Å². The number of likely N-dealkylation sites (N-methyl/N-ethyl adjacent to an activating group) is 1. The number of hydrogen-bond acceptors (Lipinski definition) is 3. The van der Waals surface area contributed by atoms with Crippen LogP contribution in [0.15, 0.2) is 28.7 Å². The standard InChI is InChI=1S/C17H24BrN3O2/c1-12(22)20-16(13-5-7-14(18)8-6-13)10-17(23)21-9-3-4-15(21)11-19-2/h5-8,15-16,19H,3-4,9-11H2,1-2H3,(H,20,22). The van der Waals surface area contributed by atoms with Crippen molar-refractivity contribution in [3.63, 3.8) is 0 Å². The van der Waals surface area contributed by atoms with Crippen molar-refractivity contribution in [2.75, 3.05) is 20.1 Å². The van der Waals surface area contributed by atoms with E-state index in [1.165, 1.54) is 6.92 Å². The zero-order valence-electron chi connectivity index (χ0n) is 13.6. The number of benzene rings is 1. The van der Waals surface area contributed by atoms with Gasteiger partial charge in [-0.1, -0.05) is 28.1 Å². The third-order valence-corrected chi connectivity index (χ3v) is 4.69. The smallest absolute Gasteiger partial charge is 0.225 e. The molecule has 0 aromatic heterocycles. The van der Waals surface area contributed by atoms with Crippen LogP contribution in [0.4, 0.5) is 0 Å². The maximum atomic E-state index is 12.7. The molecule has 126 valence electrons. The Morgan fingerprint density at radius 3 is 2.65 bits per heavy atom. The van der Waals surface area contributed by atoms with Gasteiger partial charge in [-0.15, -0.1) is 0 Å². The third kappa shape index (κ3) is 5.04. The molecule has 2 rings (SSSR count). The van der Waals surface area contributed by atoms with Crippen LogP contribution in [0.25, 0.3) is 0 Å². The Bertz CT molecular complexity index is 547. The van der Waals surface area contributed by atoms with E-state index < -0.39 is 0 Å². The Balaban J connectivity index is 2.09. The first-order valence-electron chi connectivity index (χ1n) is 7.98. The molecule has 1 heterocycles. The van der Waals surface area contributed by atoms with Gasteiger partial charge in [-0.3, -0.25) is 9.59 Å². The number of amides is 2. The molecule has 0 radical (unpaired) electrons. The van der Waals surface area contributed by atoms with Crippen LogP contribution in [0, 0.1) is 0 Å². The normalized spacial score (nSPS) is 18.7. The second-order valence-electron chi connectivity index (χ2n) is 5.95. The molecule has 6 heteroatoms. The summed E-state index contributed by atoms with van der Waals surface area (Å²) < 4.78 is 0.975. The highest BCUT2D eigenvalue weighted by atomic mass is 79.9. The second-order valence-corrected chi connectivity index (χ2v) is 6.87. The van der Waals surface area contributed by atoms with Gasteiger partial charge in [0.1, 0.15) is 0 Å². The van der Waals surface area contributed by atoms with E-state index >= 15 is 0 Å². The van der Waals surface area contributed by atoms with Crippen molar-refractivity contribution in [3.8, 4) is 0 Å². The molecule has 0 bridgehead atoms. The molecule has 1 aliphatic heterocycles. The van der Waals surface area contributed by atoms with Crippen LogP contribution < -0.4 is 10.6 Å². The Hall–Kier alpha value is -1.40. The highest BCUT2D eigenvalue weighted by Gasteiger charge is 2.30. The van der Waals surface area contributed by atoms with Gasteiger partial charge in [0, 0.05) is 30.5 Å². The van der Waals surface area contributed by atoms with Crippen LogP contribution in [-0.4, -0.2) is 42.9 Å². The average molecular weight is 382 g/mol. The first kappa shape index (κ1) is 17.9. The summed E-state index contributed by atoms with van der Waals surface area (Å²) in [5, 5.41) is 6.05. The molecule has 0 aliphatic carbocycles. The summed E-state index contributed by atoms with van der Waals surface area (Å²) in [6.07, 6.45) is 2.37. The van der Waals surface area contributed by atoms with E-state index in [2.05, 4.69) is 26.6 Å². The summed E-state index contributed by atoms with van der Waals surface area (Å²) in [5.41, 5.74) is 0.945. The van der Waals surface area contributed by atoms with Crippen molar-refractivity contribution < 1.29 is 9.59 Å². The van der Waals surface area contributed by atoms with Gasteiger partial charge in [0.2, 0.25) is 11.8 Å². The van der Waals surface area contributed by atoms with E-state index in [9.17, 15) is 9.59 Å². The first-order valence-corrected chi connectivity index (χ1v) is 8.77. The van der Waals surface area contributed by atoms with E-state index in [4.69, 9.17) is 0 Å². The zero-order valence-corrected chi connectivity index (χ0v) is 15.2. The fourth-order valence-electron chi connectivity index (χ4n) is 3.10. The van der Waals surface area contributed by atoms with Crippen molar-refractivity contribution in [2.45, 2.75) is 38.3 Å². The lowest BCUT2D eigenvalue weighted by Gasteiger charge is -2.27. The Kier molecular flexibility index (Phi) is 6.59. The number of halogens is 1. The largest absolute Gasteiger partial charge is 0.349 e. The molecule has 1 saturated heterocycles. The molecule has 0 spiro atoms. The van der Waals surface area contributed by atoms with Gasteiger partial charge < -0.3 is 15.5 Å². The maximum absolute atomic E-state index is 12.7. The number of nitrogens with one attached hydrogen (secondary N) is 2. The quantitative estimate of drug-likeness (QED) is 0.793. The Labute approximate surface area is 145 Å². The van der Waals surface area contributed by atoms with Gasteiger partial charge in [0.15, 0.2) is 0 Å². The molecular formula is C17H24BrN3O2. The first-order chi connectivity index (χ1) is 11.0. The predicted octanol–water partition coefficient (Wildman–Crippen LogP) is 2.23. The highest BCUT2D eigenvalue weighted by Crippen LogP contribution is 2.24. The number of hydrogen-bond donors (Lipinski definition) is 2. The summed E-state index contributed by atoms with van der Waals surface area (Å²) in [7, 11) is 1.91. The Morgan fingerprint density at radius 2 is 2.04 bits per heavy atom. The van der Waals surface area contributed by atoms with Crippen LogP contribution in [0.1, 0.15) is 37.8 Å². The number of carbonyl (C=O) groups excluding carboxylic acids is 2. The summed E-state index contributed by atoms with van der Waals surface area (Å²) in [6.45, 7) is 3.10. The minimum Gasteiger partial charge on any atom is -0.349 e. The molecule has 1 fully saturated rings. The molecule has 23 heavy (non-hydrogen) atoms. The second kappa shape index (κ2) is 8.45. The molecule has 2 atom stereocenters. The maximum Gasteiger partial charge on any atom is 0.225 e. The van der Waals surface area contributed by atoms with Crippen molar-refractivity contribution >= 4 is 27.7 Å². The van der Waals surface area contributed by atoms with Crippen molar-refractivity contribution in [1.82, 2.24) is 15.5 Å². The van der Waals surface area contributed by atoms with Gasteiger partial charge in [0.05, 0.1) is 12.5 Å². The molecule has 2 unspecified atom stereocenters. The van der Waals surface area contributed by atoms with E-state index in [0.717, 1.165) is 36.0 Å². The topological polar surface area (TPSA) is 61.4 Å². The molecule has 1 aliphatic rings. The van der Waals surface area contributed by atoms with Crippen LogP contribution in [0.5, 0.6) is 0 Å². The van der Waals surface area contributed by atoms with Crippen LogP contribution in [0.2, 0.25) is 0 Å². The number of rotatable bonds is 6. The minimum absolute atomic E-state index is 0.101. The van der Waals surface area contributed by atoms with Crippen LogP contribution >= 0.6 is 15.9 Å². The fraction of sp³-hybridized carbons (Fsp3) is 0.529. The van der Waals surface area contributed by atoms with Gasteiger partial charge in [0.25, 0.3) is 0 Å². The van der Waals surface area contributed by atoms with Crippen molar-refractivity contribution in [1.29, 1.82) is 0 Å². The predicted molar refractivity (Wildman–Crippen MR) is 94.0 cm³/mol. The minimum atomic E-state index is -0.288.